The van der Waals surface area contributed by atoms with Gasteiger partial charge in [-0.15, -0.1) is 12.6 Å². The summed E-state index contributed by atoms with van der Waals surface area (Å²) >= 11 is 12.9. The molecule has 0 spiro atoms. The molecule has 172 valence electrons. The third kappa shape index (κ3) is 10.3. The Morgan fingerprint density at radius 2 is 1.27 bits per heavy atom. The molecule has 0 bridgehead atoms. The highest BCUT2D eigenvalue weighted by Crippen LogP contribution is 2.31. The maximum atomic E-state index is 5.66. The van der Waals surface area contributed by atoms with Gasteiger partial charge in [-0.05, 0) is 84.8 Å². The quantitative estimate of drug-likeness (QED) is 0.172. The molecule has 0 saturated carbocycles. The second-order valence-electron chi connectivity index (χ2n) is 6.06. The fraction of sp³-hybridized carbons (Fsp3) is 0.0833. The van der Waals surface area contributed by atoms with Crippen molar-refractivity contribution in [2.75, 3.05) is 14.2 Å². The van der Waals surface area contributed by atoms with Crippen LogP contribution in [0.3, 0.4) is 0 Å². The zero-order valence-electron chi connectivity index (χ0n) is 17.8. The Hall–Kier alpha value is -1.82. The molecule has 0 fully saturated rings. The second kappa shape index (κ2) is 15.2. The fourth-order valence-corrected chi connectivity index (χ4v) is 4.17. The summed E-state index contributed by atoms with van der Waals surface area (Å²) in [5.41, 5.74) is 0. The molecule has 0 N–H and O–H groups in total. The van der Waals surface area contributed by atoms with Gasteiger partial charge >= 0.3 is 0 Å². The summed E-state index contributed by atoms with van der Waals surface area (Å²) in [4.78, 5) is 9.13. The first-order valence-electron chi connectivity index (χ1n) is 9.44. The highest BCUT2D eigenvalue weighted by atomic mass is 127. The van der Waals surface area contributed by atoms with Crippen molar-refractivity contribution < 1.29 is 14.2 Å². The van der Waals surface area contributed by atoms with E-state index in [1.807, 2.05) is 72.8 Å². The molecule has 2 heterocycles. The summed E-state index contributed by atoms with van der Waals surface area (Å²) in [5.74, 6) is 2.47. The van der Waals surface area contributed by atoms with E-state index in [9.17, 15) is 0 Å². The summed E-state index contributed by atoms with van der Waals surface area (Å²) in [7, 11) is 3.17. The lowest BCUT2D eigenvalue weighted by atomic mass is 10.3. The van der Waals surface area contributed by atoms with Gasteiger partial charge in [0.2, 0.25) is 5.88 Å². The number of hydrogen-bond donors (Lipinski definition) is 1. The average Bonchev–Trinajstić information content (AvgIpc) is 2.81. The lowest BCUT2D eigenvalue weighted by Crippen LogP contribution is -1.92. The minimum atomic E-state index is 0.465. The van der Waals surface area contributed by atoms with Crippen molar-refractivity contribution in [3.63, 3.8) is 0 Å². The van der Waals surface area contributed by atoms with E-state index in [-0.39, 0.29) is 0 Å². The lowest BCUT2D eigenvalue weighted by Gasteiger charge is -2.09. The van der Waals surface area contributed by atoms with Gasteiger partial charge in [-0.2, -0.15) is 0 Å². The second-order valence-corrected chi connectivity index (χ2v) is 9.57. The number of hydrogen-bond acceptors (Lipinski definition) is 6. The van der Waals surface area contributed by atoms with Gasteiger partial charge < -0.3 is 14.2 Å². The van der Waals surface area contributed by atoms with Crippen molar-refractivity contribution in [3.05, 3.63) is 97.7 Å². The van der Waals surface area contributed by atoms with E-state index in [4.69, 9.17) is 14.2 Å². The van der Waals surface area contributed by atoms with Crippen LogP contribution < -0.4 is 14.2 Å². The fourth-order valence-electron chi connectivity index (χ4n) is 2.23. The number of aromatic nitrogens is 2. The molecule has 4 aromatic rings. The van der Waals surface area contributed by atoms with Crippen LogP contribution in [0, 0.1) is 3.57 Å². The van der Waals surface area contributed by atoms with Gasteiger partial charge in [0, 0.05) is 32.3 Å². The van der Waals surface area contributed by atoms with Crippen molar-refractivity contribution in [2.24, 2.45) is 0 Å². The molecule has 9 heteroatoms. The van der Waals surface area contributed by atoms with Gasteiger partial charge in [0.25, 0.3) is 5.88 Å². The van der Waals surface area contributed by atoms with Crippen LogP contribution >= 0.6 is 67.1 Å². The minimum Gasteiger partial charge on any atom is -0.480 e. The maximum absolute atomic E-state index is 5.66. The van der Waals surface area contributed by atoms with Crippen molar-refractivity contribution in [3.8, 4) is 23.3 Å². The molecule has 0 aliphatic heterocycles. The number of thiol groups is 1. The van der Waals surface area contributed by atoms with Crippen molar-refractivity contribution in [1.29, 1.82) is 0 Å². The maximum Gasteiger partial charge on any atom is 0.257 e. The molecule has 2 aromatic carbocycles. The molecular formula is C24H21Br2IN2O3S. The molecule has 0 aliphatic rings. The molecular weight excluding hydrogens is 683 g/mol. The van der Waals surface area contributed by atoms with Crippen molar-refractivity contribution >= 4 is 67.1 Å². The van der Waals surface area contributed by atoms with Gasteiger partial charge in [0.05, 0.1) is 17.8 Å². The van der Waals surface area contributed by atoms with Crippen LogP contribution in [0.25, 0.3) is 0 Å². The summed E-state index contributed by atoms with van der Waals surface area (Å²) in [5, 5.41) is 0. The molecule has 0 atom stereocenters. The van der Waals surface area contributed by atoms with Crippen LogP contribution in [-0.2, 0) is 0 Å². The van der Waals surface area contributed by atoms with Crippen LogP contribution in [0.2, 0.25) is 0 Å². The SMILES string of the molecule is COc1ncc(Br)cc1I.COc1ncc(Br)cc1Oc1ccccc1.Sc1ccccc1. The highest BCUT2D eigenvalue weighted by Gasteiger charge is 2.07. The first-order valence-corrected chi connectivity index (χ1v) is 12.6. The normalized spacial score (nSPS) is 9.52. The Labute approximate surface area is 229 Å². The summed E-state index contributed by atoms with van der Waals surface area (Å²) in [6.07, 6.45) is 3.37. The Morgan fingerprint density at radius 3 is 1.76 bits per heavy atom. The van der Waals surface area contributed by atoms with Crippen LogP contribution in [0.15, 0.2) is 99.0 Å². The van der Waals surface area contributed by atoms with Gasteiger partial charge in [-0.3, -0.25) is 0 Å². The van der Waals surface area contributed by atoms with E-state index < -0.39 is 0 Å². The zero-order valence-corrected chi connectivity index (χ0v) is 24.0. The molecule has 0 unspecified atom stereocenters. The van der Waals surface area contributed by atoms with E-state index in [1.54, 1.807) is 26.6 Å². The van der Waals surface area contributed by atoms with E-state index in [2.05, 4.69) is 77.0 Å². The Kier molecular flexibility index (Phi) is 12.6. The molecule has 4 rings (SSSR count). The minimum absolute atomic E-state index is 0.465. The largest absolute Gasteiger partial charge is 0.480 e. The van der Waals surface area contributed by atoms with Gasteiger partial charge in [0.15, 0.2) is 5.75 Å². The number of methoxy groups -OCH3 is 2. The van der Waals surface area contributed by atoms with Gasteiger partial charge in [0.1, 0.15) is 5.75 Å². The summed E-state index contributed by atoms with van der Waals surface area (Å²) in [6, 6.07) is 23.1. The number of benzene rings is 2. The van der Waals surface area contributed by atoms with Gasteiger partial charge in [-0.25, -0.2) is 9.97 Å². The lowest BCUT2D eigenvalue weighted by molar-refractivity contribution is 0.363. The zero-order chi connectivity index (χ0) is 24.1. The smallest absolute Gasteiger partial charge is 0.257 e. The molecule has 2 aromatic heterocycles. The number of nitrogens with zero attached hydrogens (tertiary/aromatic N) is 2. The number of pyridine rings is 2. The third-order valence-corrected chi connectivity index (χ3v) is 5.61. The van der Waals surface area contributed by atoms with E-state index >= 15 is 0 Å². The summed E-state index contributed by atoms with van der Waals surface area (Å²) < 4.78 is 18.6. The third-order valence-electron chi connectivity index (χ3n) is 3.67. The van der Waals surface area contributed by atoms with E-state index in [1.165, 1.54) is 0 Å². The van der Waals surface area contributed by atoms with Crippen molar-refractivity contribution in [2.45, 2.75) is 4.90 Å². The van der Waals surface area contributed by atoms with E-state index in [0.717, 1.165) is 23.2 Å². The number of halogens is 3. The highest BCUT2D eigenvalue weighted by molar-refractivity contribution is 14.1. The first kappa shape index (κ1) is 27.4. The average molecular weight is 704 g/mol. The molecule has 33 heavy (non-hydrogen) atoms. The topological polar surface area (TPSA) is 53.5 Å². The van der Waals surface area contributed by atoms with Crippen LogP contribution in [0.5, 0.6) is 23.3 Å². The Bertz CT molecular complexity index is 1120. The molecule has 0 radical (unpaired) electrons. The predicted molar refractivity (Wildman–Crippen MR) is 150 cm³/mol. The van der Waals surface area contributed by atoms with Crippen LogP contribution in [0.1, 0.15) is 0 Å². The Balaban J connectivity index is 0.000000193. The molecule has 0 amide bonds. The van der Waals surface area contributed by atoms with Gasteiger partial charge in [-0.1, -0.05) is 36.4 Å². The number of rotatable bonds is 4. The van der Waals surface area contributed by atoms with Crippen LogP contribution in [0.4, 0.5) is 0 Å². The molecule has 5 nitrogen and oxygen atoms in total. The number of para-hydroxylation sites is 1. The predicted octanol–water partition coefficient (Wildman–Crippen LogP) is 8.08. The van der Waals surface area contributed by atoms with E-state index in [0.29, 0.717) is 17.5 Å². The standard InChI is InChI=1S/C12H10BrNO2.C6H5BrINO.C6H6S/c1-15-12-11(7-9(13)8-14-12)16-10-5-3-2-4-6-10;1-10-6-5(8)2-4(7)3-9-6;7-6-4-2-1-3-5-6/h2-8H,1H3;2-3H,1H3;1-5,7H. The monoisotopic (exact) mass is 702 g/mol. The van der Waals surface area contributed by atoms with Crippen LogP contribution in [-0.4, -0.2) is 24.2 Å². The Morgan fingerprint density at radius 1 is 0.758 bits per heavy atom. The summed E-state index contributed by atoms with van der Waals surface area (Å²) in [6.45, 7) is 0. The molecule has 0 saturated heterocycles. The van der Waals surface area contributed by atoms with Crippen molar-refractivity contribution in [1.82, 2.24) is 9.97 Å². The first-order chi connectivity index (χ1) is 15.9. The number of ether oxygens (including phenoxy) is 3. The molecule has 0 aliphatic carbocycles.